The Morgan fingerprint density at radius 2 is 0.992 bits per heavy atom. The number of fused-ring (bicyclic) bond motifs is 2. The second-order valence-electron chi connectivity index (χ2n) is 25.0. The molecule has 2 saturated heterocycles. The van der Waals surface area contributed by atoms with Crippen LogP contribution in [-0.4, -0.2) is 219 Å². The van der Waals surface area contributed by atoms with E-state index in [2.05, 4.69) is 75.0 Å². The topological polar surface area (TPSA) is 544 Å². The molecule has 0 saturated carbocycles. The van der Waals surface area contributed by atoms with Crippen molar-refractivity contribution in [1.82, 2.24) is 10.2 Å². The standard InChI is InChI=1S/C20H19BrO5.C13H17NO3S.C11H14O4.C9H6Br2O.C9H10O4.C9H10O3.C7H10BNO2.C4H9NO.C2H6O.CH2O3.CH4.ClH.2K.Na.H2O4S.H2O.H/c1-3-24-19(22)10-14-4-5-16(23-2)11-18(14)26-12-13-8-15-6-7-25-20(15)17(21)9-13;1-16-11-3-2-10(12(15)9-11)8-13(18)14-4-6-17-7-5-14;1-3-15-11(13)6-8-4-5-9(14-2)7-10(8)12;10-5-6-3-7-1-2-12-9(7)8(11)4-6;1-13-7-3-2-6(4-9(11)12)8(10)5-7;1-6(10)8-4-3-7(12-2)5-9(8)11;9-5-6-2-1-3-7(4-6)8(10)11;1-3-6-4-2-5-1;1-2-3;2-1-4-3;;;;;;1-5(2,3)4;;/h4-9,11H,3,10,12H2,1-2H3;2-3,9,15H,4-8H2,1H3;4-5,7,12H,3,6H2,1-2H3;1-4H,5H2;2-3,5,10H,4H2,1H3,(H,11,12);3-5,11H,1-2H3;1-4,10-11H,5,9H2;5H,1-4H2;3H,2H2,1H3;1,3H;1H4;1H;;;;(H2,1,2,3,4);1H2;/q;;;;;;;;;;;;3*+1;;;-1/p-2. The smallest absolute Gasteiger partial charge is 1.00 e. The molecule has 10 aromatic rings. The largest absolute Gasteiger partial charge is 1.00 e. The van der Waals surface area contributed by atoms with Crippen molar-refractivity contribution in [1.29, 1.82) is 0 Å². The van der Waals surface area contributed by atoms with Gasteiger partial charge in [0.1, 0.15) is 75.3 Å². The third-order valence-electron chi connectivity index (χ3n) is 16.1. The van der Waals surface area contributed by atoms with Crippen LogP contribution in [0.1, 0.15) is 85.9 Å². The summed E-state index contributed by atoms with van der Waals surface area (Å²) in [7, 11) is 1.59. The summed E-state index contributed by atoms with van der Waals surface area (Å²) < 4.78 is 95.2. The number of morpholine rings is 2. The number of carboxylic acid groups (broad SMARTS) is 1. The number of aliphatic carboxylic acids is 1. The molecule has 4 heterocycles. The number of aliphatic hydroxyl groups excluding tert-OH is 1. The van der Waals surface area contributed by atoms with Gasteiger partial charge in [-0.1, -0.05) is 84.1 Å². The molecule has 14 N–H and O–H groups in total. The van der Waals surface area contributed by atoms with Gasteiger partial charge in [-0.15, -0.1) is 12.4 Å². The van der Waals surface area contributed by atoms with E-state index in [1.54, 1.807) is 108 Å². The van der Waals surface area contributed by atoms with Crippen LogP contribution in [0.4, 0.5) is 0 Å². The number of aromatic hydroxyl groups is 4. The van der Waals surface area contributed by atoms with E-state index in [4.69, 9.17) is 122 Å². The number of benzene rings is 8. The summed E-state index contributed by atoms with van der Waals surface area (Å²) in [5.74, 6) is 1.92. The minimum absolute atomic E-state index is 0. The first-order valence-corrected chi connectivity index (χ1v) is 42.1. The number of ketones is 1. The Hall–Kier alpha value is -6.14. The molecule has 2 aliphatic heterocycles. The van der Waals surface area contributed by atoms with E-state index < -0.39 is 23.5 Å². The minimum atomic E-state index is -4.67. The number of phenols is 4. The second kappa shape index (κ2) is 77.0. The number of rotatable bonds is 23. The van der Waals surface area contributed by atoms with Gasteiger partial charge in [0.25, 0.3) is 6.47 Å². The number of ether oxygens (including phenoxy) is 10. The molecule has 35 nitrogen and oxygen atoms in total. The van der Waals surface area contributed by atoms with Gasteiger partial charge in [0.2, 0.25) is 0 Å². The van der Waals surface area contributed by atoms with Crippen molar-refractivity contribution in [3.8, 4) is 57.5 Å². The number of hydrogen-bond acceptors (Lipinski definition) is 32. The van der Waals surface area contributed by atoms with Crippen molar-refractivity contribution in [2.45, 2.75) is 79.3 Å². The van der Waals surface area contributed by atoms with Crippen LogP contribution in [0.5, 0.6) is 57.5 Å². The number of methoxy groups -OCH3 is 5. The van der Waals surface area contributed by atoms with E-state index in [1.165, 1.54) is 64.1 Å². The molecule has 0 atom stereocenters. The molecule has 2 aliphatic rings. The Bertz CT molecular complexity index is 5040. The number of nitrogens with one attached hydrogen (secondary N) is 1. The van der Waals surface area contributed by atoms with Crippen molar-refractivity contribution < 1.29 is 288 Å². The maximum absolute atomic E-state index is 11.8. The average Bonchev–Trinajstić information content (AvgIpc) is 1.71. The van der Waals surface area contributed by atoms with E-state index in [0.717, 1.165) is 103 Å². The Morgan fingerprint density at radius 1 is 0.603 bits per heavy atom. The van der Waals surface area contributed by atoms with Crippen LogP contribution in [-0.2, 0) is 97.6 Å². The van der Waals surface area contributed by atoms with E-state index in [0.29, 0.717) is 103 Å². The monoisotopic (exact) mass is 2150 g/mol. The van der Waals surface area contributed by atoms with E-state index in [-0.39, 0.29) is 232 Å². The van der Waals surface area contributed by atoms with Gasteiger partial charge in [0, 0.05) is 114 Å². The van der Waals surface area contributed by atoms with Gasteiger partial charge in [-0.25, -0.2) is 0 Å². The zero-order valence-corrected chi connectivity index (χ0v) is 89.3. The molecule has 0 amide bonds. The first kappa shape index (κ1) is 133. The Labute approximate surface area is 907 Å². The van der Waals surface area contributed by atoms with Crippen LogP contribution >= 0.6 is 72.4 Å². The number of carbonyl (C=O) groups is 5. The molecular formula is C86H111BBr3ClK2N3NaO32S2. The van der Waals surface area contributed by atoms with Crippen LogP contribution in [0.15, 0.2) is 182 Å². The fourth-order valence-corrected chi connectivity index (χ4v) is 12.1. The number of hydrogen-bond donors (Lipinski definition) is 12. The number of nitrogens with two attached hydrogens (primary N) is 1. The van der Waals surface area contributed by atoms with Crippen LogP contribution in [0.25, 0.3) is 21.9 Å². The van der Waals surface area contributed by atoms with Gasteiger partial charge in [0.15, 0.2) is 5.78 Å². The summed E-state index contributed by atoms with van der Waals surface area (Å²) in [6.07, 6.45) is 3.97. The summed E-state index contributed by atoms with van der Waals surface area (Å²) in [6.45, 7) is 15.1. The molecule has 2 fully saturated rings. The first-order valence-electron chi connectivity index (χ1n) is 37.6. The molecule has 131 heavy (non-hydrogen) atoms. The number of phenolic OH excluding ortho intramolecular Hbond substituents is 4. The quantitative estimate of drug-likeness (QED) is 0.00504. The zero-order chi connectivity index (χ0) is 93.4. The van der Waals surface area contributed by atoms with Gasteiger partial charge >= 0.3 is 168 Å². The van der Waals surface area contributed by atoms with Crippen molar-refractivity contribution in [3.63, 3.8) is 0 Å². The predicted molar refractivity (Wildman–Crippen MR) is 496 cm³/mol. The molecule has 2 aromatic heterocycles. The van der Waals surface area contributed by atoms with Gasteiger partial charge < -0.3 is 130 Å². The molecule has 0 bridgehead atoms. The maximum atomic E-state index is 11.8. The number of carboxylic acids is 1. The van der Waals surface area contributed by atoms with Gasteiger partial charge in [0.05, 0.1) is 126 Å². The van der Waals surface area contributed by atoms with Crippen molar-refractivity contribution in [2.75, 3.05) is 108 Å². The minimum Gasteiger partial charge on any atom is -1.00 e. The SMILES string of the molecule is BrCc1cc(Br)c2occc2c1.C.C1COCCN1.CCO.CCOC(=O)Cc1ccc(OC)cc1O.CCOC(=O)Cc1ccc(OC)cc1OCc1cc(Br)c2occc2c1.COc1ccc(C(C)=O)c(O)c1.COc1ccc(CC(=O)O)c(O)c1.COc1ccc(CC(=S)N2CCOCC2)c(O)c1.Cl.NCc1cccc(B(O)O)c1.O=CO[O-].O=S(=O)(O)O.[H-].[K+].[K+].[Na+].[OH-]. The third-order valence-corrected chi connectivity index (χ3v) is 18.3. The fraction of sp³-hybridized carbons (Fsp3) is 0.326. The number of carbonyl (C=O) groups excluding carboxylic acids is 4. The number of Topliss-reactive ketones (excluding diaryl/α,β-unsaturated/α-hetero) is 1. The third kappa shape index (κ3) is 56.2. The summed E-state index contributed by atoms with van der Waals surface area (Å²) in [4.78, 5) is 58.4. The van der Waals surface area contributed by atoms with E-state index in [1.807, 2.05) is 48.5 Å². The summed E-state index contributed by atoms with van der Waals surface area (Å²) >= 11 is 15.8. The Balaban J connectivity index is -0.000000342. The molecule has 0 radical (unpaired) electrons. The molecule has 45 heteroatoms. The number of aliphatic hydroxyl groups is 1. The average molecular weight is 2150 g/mol. The summed E-state index contributed by atoms with van der Waals surface area (Å²) in [5.41, 5.74) is 13.5. The van der Waals surface area contributed by atoms with Gasteiger partial charge in [-0.2, -0.15) is 8.42 Å². The molecule has 0 unspecified atom stereocenters. The number of esters is 2. The van der Waals surface area contributed by atoms with E-state index >= 15 is 0 Å². The summed E-state index contributed by atoms with van der Waals surface area (Å²) in [6, 6.07) is 43.5. The number of nitrogens with zero attached hydrogens (tertiary/aromatic N) is 1. The Morgan fingerprint density at radius 3 is 1.36 bits per heavy atom. The van der Waals surface area contributed by atoms with Gasteiger partial charge in [-0.05, 0) is 155 Å². The van der Waals surface area contributed by atoms with Crippen LogP contribution < -0.4 is 183 Å². The van der Waals surface area contributed by atoms with E-state index in [9.17, 15) is 39.6 Å². The molecule has 0 aliphatic carbocycles. The molecule has 12 rings (SSSR count). The number of furan rings is 2. The molecule has 0 spiro atoms. The van der Waals surface area contributed by atoms with Crippen molar-refractivity contribution >= 4 is 152 Å². The maximum Gasteiger partial charge on any atom is 1.00 e. The second-order valence-corrected chi connectivity index (χ2v) is 28.6. The fourth-order valence-electron chi connectivity index (χ4n) is 10.2. The Kier molecular flexibility index (Phi) is 78.3. The predicted octanol–water partition coefficient (Wildman–Crippen LogP) is 2.94. The van der Waals surface area contributed by atoms with Crippen LogP contribution in [0, 0.1) is 0 Å². The molecule has 708 valence electrons. The normalized spacial score (nSPS) is 10.8. The van der Waals surface area contributed by atoms with Crippen LogP contribution in [0.3, 0.4) is 0 Å². The van der Waals surface area contributed by atoms with Crippen LogP contribution in [0.2, 0.25) is 0 Å². The molecular weight excluding hydrogens is 2040 g/mol. The number of alkyl halides is 1. The zero-order valence-electron chi connectivity index (χ0n) is 74.8. The number of halogens is 4. The first-order chi connectivity index (χ1) is 59.6. The van der Waals surface area contributed by atoms with Gasteiger partial charge in [-0.3, -0.25) is 33.1 Å². The number of thiocarbonyl (C=S) groups is 1. The van der Waals surface area contributed by atoms with Crippen molar-refractivity contribution in [2.24, 2.45) is 5.73 Å². The molecule has 8 aromatic carbocycles. The summed E-state index contributed by atoms with van der Waals surface area (Å²) in [5, 5.41) is 86.2. The van der Waals surface area contributed by atoms with Crippen molar-refractivity contribution in [3.05, 3.63) is 218 Å².